The van der Waals surface area contributed by atoms with Crippen molar-refractivity contribution in [2.24, 2.45) is 5.73 Å². The van der Waals surface area contributed by atoms with Gasteiger partial charge in [-0.05, 0) is 17.8 Å². The summed E-state index contributed by atoms with van der Waals surface area (Å²) in [7, 11) is 0. The molecule has 0 amide bonds. The molecule has 12 heavy (non-hydrogen) atoms. The first kappa shape index (κ1) is 11.9. The third kappa shape index (κ3) is 4.72. The van der Waals surface area contributed by atoms with Crippen molar-refractivity contribution in [3.63, 3.8) is 0 Å². The van der Waals surface area contributed by atoms with Crippen LogP contribution in [0.5, 0.6) is 0 Å². The molecule has 0 aliphatic rings. The van der Waals surface area contributed by atoms with Crippen LogP contribution in [0.4, 0.5) is 0 Å². The number of nitrogens with two attached hydrogens (primary N) is 1. The number of hydrogen-bond acceptors (Lipinski definition) is 1. The Kier molecular flexibility index (Phi) is 6.38. The van der Waals surface area contributed by atoms with Crippen LogP contribution in [0, 0.1) is 0 Å². The molecule has 0 radical (unpaired) electrons. The second-order valence-corrected chi connectivity index (χ2v) is 2.64. The van der Waals surface area contributed by atoms with Gasteiger partial charge in [0.15, 0.2) is 5.11 Å². The van der Waals surface area contributed by atoms with Gasteiger partial charge in [0.1, 0.15) is 0 Å². The molecule has 60 valence electrons. The van der Waals surface area contributed by atoms with Gasteiger partial charge in [0.05, 0.1) is 0 Å². The van der Waals surface area contributed by atoms with Crippen LogP contribution in [0.2, 0.25) is 0 Å². The number of benzene rings is 1. The van der Waals surface area contributed by atoms with Gasteiger partial charge in [0.25, 0.3) is 0 Å². The summed E-state index contributed by atoms with van der Waals surface area (Å²) in [5.41, 5.74) is 6.44. The summed E-state index contributed by atoms with van der Waals surface area (Å²) < 4.78 is 0. The molecule has 1 aromatic rings. The minimum atomic E-state index is 0. The summed E-state index contributed by atoms with van der Waals surface area (Å²) in [5, 5.41) is 3.21. The molecule has 0 aliphatic carbocycles. The fourth-order valence-corrected chi connectivity index (χ4v) is 0.857. The Labute approximate surface area is 99.8 Å². The molecule has 3 N–H and O–H groups in total. The van der Waals surface area contributed by atoms with Crippen molar-refractivity contribution in [1.82, 2.24) is 5.32 Å². The van der Waals surface area contributed by atoms with Gasteiger partial charge in [-0.3, -0.25) is 0 Å². The van der Waals surface area contributed by atoms with Crippen molar-refractivity contribution in [3.8, 4) is 0 Å². The number of thiocarbonyl (C=S) groups is 1. The summed E-state index contributed by atoms with van der Waals surface area (Å²) in [5.74, 6) is 0. The van der Waals surface area contributed by atoms with E-state index in [2.05, 4.69) is 17.5 Å². The number of hydrogen-bond donors (Lipinski definition) is 2. The average molecular weight is 190 g/mol. The van der Waals surface area contributed by atoms with Gasteiger partial charge in [-0.25, -0.2) is 0 Å². The van der Waals surface area contributed by atoms with Crippen molar-refractivity contribution in [3.05, 3.63) is 35.9 Å². The van der Waals surface area contributed by atoms with Crippen molar-refractivity contribution in [2.75, 3.05) is 0 Å². The van der Waals surface area contributed by atoms with E-state index in [9.17, 15) is 0 Å². The SMILES string of the molecule is NC(=S)NCc1ccccc1.[NaH]. The molecule has 1 rings (SSSR count). The molecule has 0 unspecified atom stereocenters. The summed E-state index contributed by atoms with van der Waals surface area (Å²) in [6.45, 7) is 0.705. The summed E-state index contributed by atoms with van der Waals surface area (Å²) in [6.07, 6.45) is 0. The Morgan fingerprint density at radius 3 is 2.42 bits per heavy atom. The van der Waals surface area contributed by atoms with Gasteiger partial charge in [-0.2, -0.15) is 0 Å². The van der Waals surface area contributed by atoms with E-state index in [0.29, 0.717) is 11.7 Å². The third-order valence-electron chi connectivity index (χ3n) is 1.31. The maximum atomic E-state index is 5.26. The van der Waals surface area contributed by atoms with Crippen molar-refractivity contribution in [2.45, 2.75) is 6.54 Å². The zero-order valence-corrected chi connectivity index (χ0v) is 6.90. The van der Waals surface area contributed by atoms with Crippen LogP contribution in [0.3, 0.4) is 0 Å². The second-order valence-electron chi connectivity index (χ2n) is 2.20. The molecule has 0 aliphatic heterocycles. The van der Waals surface area contributed by atoms with Crippen LogP contribution in [0.15, 0.2) is 30.3 Å². The van der Waals surface area contributed by atoms with Crippen LogP contribution in [0.25, 0.3) is 0 Å². The second kappa shape index (κ2) is 6.43. The predicted octanol–water partition coefficient (Wildman–Crippen LogP) is 0.371. The zero-order chi connectivity index (χ0) is 8.10. The van der Waals surface area contributed by atoms with Crippen molar-refractivity contribution in [1.29, 1.82) is 0 Å². The Morgan fingerprint density at radius 2 is 1.92 bits per heavy atom. The topological polar surface area (TPSA) is 38.0 Å². The summed E-state index contributed by atoms with van der Waals surface area (Å²) in [4.78, 5) is 0. The van der Waals surface area contributed by atoms with Crippen LogP contribution < -0.4 is 11.1 Å². The Morgan fingerprint density at radius 1 is 1.33 bits per heavy atom. The molecule has 0 spiro atoms. The van der Waals surface area contributed by atoms with E-state index in [1.165, 1.54) is 5.56 Å². The Bertz CT molecular complexity index is 238. The molecule has 2 nitrogen and oxygen atoms in total. The van der Waals surface area contributed by atoms with E-state index in [0.717, 1.165) is 0 Å². The Balaban J connectivity index is 0.00000121. The molecule has 0 atom stereocenters. The normalized spacial score (nSPS) is 8.33. The fraction of sp³-hybridized carbons (Fsp3) is 0.125. The quantitative estimate of drug-likeness (QED) is 0.523. The molecule has 0 saturated heterocycles. The monoisotopic (exact) mass is 190 g/mol. The fourth-order valence-electron chi connectivity index (χ4n) is 0.785. The molecular weight excluding hydrogens is 179 g/mol. The van der Waals surface area contributed by atoms with E-state index >= 15 is 0 Å². The molecule has 1 aromatic carbocycles. The molecular formula is C8H11N2NaS. The van der Waals surface area contributed by atoms with Crippen LogP contribution in [0.1, 0.15) is 5.56 Å². The van der Waals surface area contributed by atoms with Gasteiger partial charge < -0.3 is 11.1 Å². The first-order valence-electron chi connectivity index (χ1n) is 3.36. The molecule has 0 fully saturated rings. The van der Waals surface area contributed by atoms with E-state index < -0.39 is 0 Å². The summed E-state index contributed by atoms with van der Waals surface area (Å²) >= 11 is 4.66. The molecule has 0 aromatic heterocycles. The Hall–Kier alpha value is -0.0900. The first-order chi connectivity index (χ1) is 5.29. The minimum absolute atomic E-state index is 0. The van der Waals surface area contributed by atoms with Gasteiger partial charge in [-0.1, -0.05) is 30.3 Å². The first-order valence-corrected chi connectivity index (χ1v) is 3.77. The van der Waals surface area contributed by atoms with Crippen molar-refractivity contribution >= 4 is 46.9 Å². The maximum absolute atomic E-state index is 5.26. The van der Waals surface area contributed by atoms with E-state index in [-0.39, 0.29) is 29.6 Å². The average Bonchev–Trinajstić information content (AvgIpc) is 2.03. The van der Waals surface area contributed by atoms with Gasteiger partial charge in [-0.15, -0.1) is 0 Å². The summed E-state index contributed by atoms with van der Waals surface area (Å²) in [6, 6.07) is 9.98. The molecule has 0 heterocycles. The van der Waals surface area contributed by atoms with Gasteiger partial charge >= 0.3 is 29.6 Å². The van der Waals surface area contributed by atoms with Crippen molar-refractivity contribution < 1.29 is 0 Å². The third-order valence-corrected chi connectivity index (χ3v) is 1.45. The van der Waals surface area contributed by atoms with Gasteiger partial charge in [0, 0.05) is 6.54 Å². The molecule has 0 bridgehead atoms. The number of nitrogens with one attached hydrogen (secondary N) is 1. The van der Waals surface area contributed by atoms with E-state index in [4.69, 9.17) is 5.73 Å². The molecule has 4 heteroatoms. The predicted molar refractivity (Wildman–Crippen MR) is 57.2 cm³/mol. The van der Waals surface area contributed by atoms with E-state index in [1.807, 2.05) is 30.3 Å². The van der Waals surface area contributed by atoms with E-state index in [1.54, 1.807) is 0 Å². The van der Waals surface area contributed by atoms with Crippen LogP contribution >= 0.6 is 12.2 Å². The van der Waals surface area contributed by atoms with Crippen LogP contribution in [-0.4, -0.2) is 34.7 Å². The zero-order valence-electron chi connectivity index (χ0n) is 6.08. The number of rotatable bonds is 2. The molecule has 0 saturated carbocycles. The standard InChI is InChI=1S/C8H10N2S.Na.H/c9-8(11)10-6-7-4-2-1-3-5-7;;/h1-5H,6H2,(H3,9,10,11);;. The van der Waals surface area contributed by atoms with Gasteiger partial charge in [0.2, 0.25) is 0 Å². The van der Waals surface area contributed by atoms with Crippen LogP contribution in [-0.2, 0) is 6.54 Å².